The van der Waals surface area contributed by atoms with Crippen LogP contribution in [0.15, 0.2) is 59.1 Å². The summed E-state index contributed by atoms with van der Waals surface area (Å²) in [6, 6.07) is 15.4. The van der Waals surface area contributed by atoms with E-state index in [0.29, 0.717) is 23.6 Å². The van der Waals surface area contributed by atoms with Gasteiger partial charge in [-0.1, -0.05) is 35.9 Å². The number of furan rings is 1. The van der Waals surface area contributed by atoms with Crippen molar-refractivity contribution in [1.29, 1.82) is 0 Å². The molecule has 1 aromatic carbocycles. The molecular weight excluding hydrogens is 288 g/mol. The molecule has 2 aromatic heterocycles. The highest BCUT2D eigenvalue weighted by atomic mass is 16.3. The number of nitrogens with one attached hydrogen (secondary N) is 1. The number of pyridine rings is 1. The molecule has 0 atom stereocenters. The van der Waals surface area contributed by atoms with Gasteiger partial charge in [0.25, 0.3) is 5.91 Å². The first-order chi connectivity index (χ1) is 11.1. The van der Waals surface area contributed by atoms with Crippen molar-refractivity contribution in [2.24, 2.45) is 0 Å². The Balaban J connectivity index is 1.75. The minimum absolute atomic E-state index is 0.157. The smallest absolute Gasteiger partial charge is 0.255 e. The lowest BCUT2D eigenvalue weighted by Crippen LogP contribution is -2.23. The molecule has 0 bridgehead atoms. The summed E-state index contributed by atoms with van der Waals surface area (Å²) in [5.74, 6) is 1.15. The van der Waals surface area contributed by atoms with E-state index in [0.717, 1.165) is 11.3 Å². The number of carbonyl (C=O) groups excluding carboxylic acids is 1. The average molecular weight is 306 g/mol. The molecule has 23 heavy (non-hydrogen) atoms. The maximum absolute atomic E-state index is 12.3. The molecule has 2 heterocycles. The number of hydrogen-bond donors (Lipinski definition) is 1. The van der Waals surface area contributed by atoms with E-state index in [1.807, 2.05) is 49.4 Å². The van der Waals surface area contributed by atoms with Gasteiger partial charge in [-0.25, -0.2) is 0 Å². The van der Waals surface area contributed by atoms with Crippen LogP contribution in [0.25, 0.3) is 11.3 Å². The van der Waals surface area contributed by atoms with E-state index >= 15 is 0 Å². The number of carbonyl (C=O) groups is 1. The zero-order valence-corrected chi connectivity index (χ0v) is 13.2. The first kappa shape index (κ1) is 15.0. The van der Waals surface area contributed by atoms with Crippen molar-refractivity contribution in [1.82, 2.24) is 10.3 Å². The predicted octanol–water partition coefficient (Wildman–Crippen LogP) is 3.89. The number of aryl methyl sites for hydroxylation is 2. The minimum Gasteiger partial charge on any atom is -0.461 e. The quantitative estimate of drug-likeness (QED) is 0.795. The normalized spacial score (nSPS) is 10.5. The first-order valence-corrected chi connectivity index (χ1v) is 7.49. The van der Waals surface area contributed by atoms with Crippen LogP contribution in [0.5, 0.6) is 0 Å². The van der Waals surface area contributed by atoms with Gasteiger partial charge < -0.3 is 9.73 Å². The number of nitrogens with zero attached hydrogens (tertiary/aromatic N) is 1. The zero-order chi connectivity index (χ0) is 16.2. The van der Waals surface area contributed by atoms with Crippen LogP contribution in [-0.2, 0) is 6.54 Å². The number of hydrogen-bond acceptors (Lipinski definition) is 3. The molecule has 0 unspecified atom stereocenters. The molecule has 3 aromatic rings. The molecule has 116 valence electrons. The number of amides is 1. The van der Waals surface area contributed by atoms with Crippen LogP contribution >= 0.6 is 0 Å². The molecule has 0 radical (unpaired) electrons. The molecule has 0 aliphatic rings. The maximum Gasteiger partial charge on any atom is 0.255 e. The third-order valence-electron chi connectivity index (χ3n) is 3.65. The van der Waals surface area contributed by atoms with Gasteiger partial charge in [0, 0.05) is 11.8 Å². The molecule has 0 aliphatic heterocycles. The van der Waals surface area contributed by atoms with Crippen molar-refractivity contribution >= 4 is 5.91 Å². The Morgan fingerprint density at radius 1 is 1.13 bits per heavy atom. The fourth-order valence-electron chi connectivity index (χ4n) is 2.34. The van der Waals surface area contributed by atoms with E-state index in [1.165, 1.54) is 5.56 Å². The SMILES string of the molecule is Cc1ccc(-c2cc(C(=O)NCc3ccccn3)c(C)o2)cc1. The predicted molar refractivity (Wildman–Crippen MR) is 89.0 cm³/mol. The van der Waals surface area contributed by atoms with Crippen LogP contribution in [0, 0.1) is 13.8 Å². The van der Waals surface area contributed by atoms with Crippen LogP contribution in [0.2, 0.25) is 0 Å². The van der Waals surface area contributed by atoms with Crippen LogP contribution in [0.3, 0.4) is 0 Å². The summed E-state index contributed by atoms with van der Waals surface area (Å²) in [5, 5.41) is 2.87. The highest BCUT2D eigenvalue weighted by Gasteiger charge is 2.15. The summed E-state index contributed by atoms with van der Waals surface area (Å²) in [6.07, 6.45) is 1.71. The van der Waals surface area contributed by atoms with Gasteiger partial charge in [0.05, 0.1) is 17.8 Å². The lowest BCUT2D eigenvalue weighted by molar-refractivity contribution is 0.0949. The number of rotatable bonds is 4. The summed E-state index contributed by atoms with van der Waals surface area (Å²) in [7, 11) is 0. The summed E-state index contributed by atoms with van der Waals surface area (Å²) >= 11 is 0. The third-order valence-corrected chi connectivity index (χ3v) is 3.65. The van der Waals surface area contributed by atoms with Gasteiger partial charge in [0.1, 0.15) is 11.5 Å². The van der Waals surface area contributed by atoms with Crippen molar-refractivity contribution in [3.8, 4) is 11.3 Å². The Morgan fingerprint density at radius 3 is 2.61 bits per heavy atom. The Bertz CT molecular complexity index is 805. The Morgan fingerprint density at radius 2 is 1.91 bits per heavy atom. The lowest BCUT2D eigenvalue weighted by Gasteiger charge is -2.03. The van der Waals surface area contributed by atoms with Crippen LogP contribution in [-0.4, -0.2) is 10.9 Å². The molecule has 0 saturated carbocycles. The fraction of sp³-hybridized carbons (Fsp3) is 0.158. The molecule has 0 saturated heterocycles. The Kier molecular flexibility index (Phi) is 4.24. The second kappa shape index (κ2) is 6.48. The highest BCUT2D eigenvalue weighted by Crippen LogP contribution is 2.25. The summed E-state index contributed by atoms with van der Waals surface area (Å²) in [6.45, 7) is 4.23. The summed E-state index contributed by atoms with van der Waals surface area (Å²) in [4.78, 5) is 16.5. The summed E-state index contributed by atoms with van der Waals surface area (Å²) in [5.41, 5.74) is 3.52. The van der Waals surface area contributed by atoms with E-state index < -0.39 is 0 Å². The molecule has 4 nitrogen and oxygen atoms in total. The van der Waals surface area contributed by atoms with Crippen molar-refractivity contribution in [2.75, 3.05) is 0 Å². The van der Waals surface area contributed by atoms with Gasteiger partial charge >= 0.3 is 0 Å². The van der Waals surface area contributed by atoms with E-state index in [-0.39, 0.29) is 5.91 Å². The van der Waals surface area contributed by atoms with Crippen LogP contribution in [0.1, 0.15) is 27.4 Å². The highest BCUT2D eigenvalue weighted by molar-refractivity contribution is 5.96. The molecule has 4 heteroatoms. The van der Waals surface area contributed by atoms with Crippen molar-refractivity contribution in [3.63, 3.8) is 0 Å². The monoisotopic (exact) mass is 306 g/mol. The van der Waals surface area contributed by atoms with E-state index in [9.17, 15) is 4.79 Å². The molecular formula is C19H18N2O2. The Labute approximate surface area is 135 Å². The topological polar surface area (TPSA) is 55.1 Å². The second-order valence-electron chi connectivity index (χ2n) is 5.45. The van der Waals surface area contributed by atoms with E-state index in [4.69, 9.17) is 4.42 Å². The van der Waals surface area contributed by atoms with E-state index in [1.54, 1.807) is 19.2 Å². The average Bonchev–Trinajstić information content (AvgIpc) is 2.96. The maximum atomic E-state index is 12.3. The molecule has 0 aliphatic carbocycles. The largest absolute Gasteiger partial charge is 0.461 e. The lowest BCUT2D eigenvalue weighted by atomic mass is 10.1. The van der Waals surface area contributed by atoms with Crippen molar-refractivity contribution in [2.45, 2.75) is 20.4 Å². The summed E-state index contributed by atoms with van der Waals surface area (Å²) < 4.78 is 5.74. The fourth-order valence-corrected chi connectivity index (χ4v) is 2.34. The van der Waals surface area contributed by atoms with Gasteiger partial charge in [0.15, 0.2) is 0 Å². The molecule has 1 N–H and O–H groups in total. The molecule has 0 fully saturated rings. The van der Waals surface area contributed by atoms with Crippen LogP contribution in [0.4, 0.5) is 0 Å². The van der Waals surface area contributed by atoms with Gasteiger partial charge in [0.2, 0.25) is 0 Å². The molecule has 3 rings (SSSR count). The third kappa shape index (κ3) is 3.48. The Hall–Kier alpha value is -2.88. The van der Waals surface area contributed by atoms with Gasteiger partial charge in [-0.15, -0.1) is 0 Å². The first-order valence-electron chi connectivity index (χ1n) is 7.49. The van der Waals surface area contributed by atoms with Crippen molar-refractivity contribution in [3.05, 3.63) is 77.3 Å². The van der Waals surface area contributed by atoms with E-state index in [2.05, 4.69) is 10.3 Å². The standard InChI is InChI=1S/C19H18N2O2/c1-13-6-8-15(9-7-13)18-11-17(14(2)23-18)19(22)21-12-16-5-3-4-10-20-16/h3-11H,12H2,1-2H3,(H,21,22). The van der Waals surface area contributed by atoms with Gasteiger partial charge in [-0.2, -0.15) is 0 Å². The zero-order valence-electron chi connectivity index (χ0n) is 13.2. The molecule has 1 amide bonds. The van der Waals surface area contributed by atoms with Gasteiger partial charge in [-0.3, -0.25) is 9.78 Å². The van der Waals surface area contributed by atoms with Crippen molar-refractivity contribution < 1.29 is 9.21 Å². The van der Waals surface area contributed by atoms with Gasteiger partial charge in [-0.05, 0) is 32.0 Å². The molecule has 0 spiro atoms. The number of aromatic nitrogens is 1. The minimum atomic E-state index is -0.157. The number of benzene rings is 1. The second-order valence-corrected chi connectivity index (χ2v) is 5.45. The van der Waals surface area contributed by atoms with Crippen LogP contribution < -0.4 is 5.32 Å².